The highest BCUT2D eigenvalue weighted by atomic mass is 35.5. The van der Waals surface area contributed by atoms with Crippen molar-refractivity contribution < 1.29 is 13.2 Å². The fourth-order valence-corrected chi connectivity index (χ4v) is 6.76. The summed E-state index contributed by atoms with van der Waals surface area (Å²) in [4.78, 5) is 19.5. The predicted molar refractivity (Wildman–Crippen MR) is 145 cm³/mol. The van der Waals surface area contributed by atoms with Gasteiger partial charge in [-0.1, -0.05) is 35.9 Å². The van der Waals surface area contributed by atoms with Crippen molar-refractivity contribution in [2.45, 2.75) is 11.9 Å². The van der Waals surface area contributed by atoms with Crippen LogP contribution in [0, 0.1) is 6.92 Å². The monoisotopic (exact) mass is 542 g/mol. The summed E-state index contributed by atoms with van der Waals surface area (Å²) in [5, 5.41) is 4.70. The van der Waals surface area contributed by atoms with Crippen molar-refractivity contribution in [3.05, 3.63) is 70.9 Å². The lowest BCUT2D eigenvalue weighted by Gasteiger charge is -2.36. The van der Waals surface area contributed by atoms with Crippen LogP contribution >= 0.6 is 11.6 Å². The van der Waals surface area contributed by atoms with Crippen molar-refractivity contribution in [1.82, 2.24) is 19.0 Å². The Morgan fingerprint density at radius 1 is 0.892 bits per heavy atom. The molecule has 2 aliphatic rings. The Kier molecular flexibility index (Phi) is 7.15. The minimum absolute atomic E-state index is 0.125. The average Bonchev–Trinajstić information content (AvgIpc) is 3.31. The van der Waals surface area contributed by atoms with E-state index in [9.17, 15) is 13.2 Å². The number of nitrogens with zero attached hydrogens (tertiary/aromatic N) is 6. The second-order valence-electron chi connectivity index (χ2n) is 9.48. The first-order chi connectivity index (χ1) is 17.7. The summed E-state index contributed by atoms with van der Waals surface area (Å²) in [5.74, 6) is -0.301. The Labute approximate surface area is 222 Å². The zero-order valence-corrected chi connectivity index (χ0v) is 22.6. The summed E-state index contributed by atoms with van der Waals surface area (Å²) < 4.78 is 30.0. The van der Waals surface area contributed by atoms with Gasteiger partial charge in [0.25, 0.3) is 15.9 Å². The first kappa shape index (κ1) is 25.6. The number of hydrogen-bond acceptors (Lipinski definition) is 6. The Morgan fingerprint density at radius 3 is 2.24 bits per heavy atom. The number of sulfonamides is 1. The van der Waals surface area contributed by atoms with Gasteiger partial charge in [0.05, 0.1) is 16.3 Å². The highest BCUT2D eigenvalue weighted by molar-refractivity contribution is 7.89. The van der Waals surface area contributed by atoms with E-state index in [4.69, 9.17) is 11.6 Å². The number of carbonyl (C=O) groups excluding carboxylic acids is 1. The van der Waals surface area contributed by atoms with Gasteiger partial charge >= 0.3 is 0 Å². The lowest BCUT2D eigenvalue weighted by atomic mass is 10.2. The largest absolute Gasteiger partial charge is 0.368 e. The van der Waals surface area contributed by atoms with Crippen LogP contribution in [0.5, 0.6) is 0 Å². The SMILES string of the molecule is Cc1cccc(N2CCN(C(=O)c3cn(C)nc3S(=O)(=O)N3CCN(c4ccccc4Cl)CC3)CC2)c1. The first-order valence-electron chi connectivity index (χ1n) is 12.4. The average molecular weight is 543 g/mol. The van der Waals surface area contributed by atoms with E-state index in [-0.39, 0.29) is 29.6 Å². The van der Waals surface area contributed by atoms with Crippen molar-refractivity contribution in [3.8, 4) is 0 Å². The number of rotatable bonds is 5. The van der Waals surface area contributed by atoms with Crippen LogP contribution in [0.1, 0.15) is 15.9 Å². The normalized spacial score (nSPS) is 17.3. The van der Waals surface area contributed by atoms with E-state index in [2.05, 4.69) is 40.0 Å². The van der Waals surface area contributed by atoms with Crippen LogP contribution in [0.15, 0.2) is 59.8 Å². The molecule has 0 saturated carbocycles. The minimum Gasteiger partial charge on any atom is -0.368 e. The molecule has 1 amide bonds. The Bertz CT molecular complexity index is 1390. The molecule has 0 spiro atoms. The number of anilines is 2. The van der Waals surface area contributed by atoms with Gasteiger partial charge in [-0.25, -0.2) is 8.42 Å². The molecule has 5 rings (SSSR count). The van der Waals surface area contributed by atoms with Crippen LogP contribution < -0.4 is 9.80 Å². The summed E-state index contributed by atoms with van der Waals surface area (Å²) in [6, 6.07) is 15.8. The lowest BCUT2D eigenvalue weighted by Crippen LogP contribution is -2.50. The molecule has 2 saturated heterocycles. The predicted octanol–water partition coefficient (Wildman–Crippen LogP) is 2.86. The van der Waals surface area contributed by atoms with Gasteiger partial charge in [-0.05, 0) is 36.8 Å². The molecule has 0 radical (unpaired) electrons. The van der Waals surface area contributed by atoms with Gasteiger partial charge in [0, 0.05) is 71.3 Å². The number of halogens is 1. The summed E-state index contributed by atoms with van der Waals surface area (Å²) in [6.07, 6.45) is 1.52. The molecule has 3 aromatic rings. The summed E-state index contributed by atoms with van der Waals surface area (Å²) in [5.41, 5.74) is 3.33. The summed E-state index contributed by atoms with van der Waals surface area (Å²) in [6.45, 7) is 6.02. The molecule has 0 atom stereocenters. The van der Waals surface area contributed by atoms with E-state index in [1.807, 2.05) is 30.3 Å². The molecule has 2 aliphatic heterocycles. The fourth-order valence-electron chi connectivity index (χ4n) is 4.97. The Morgan fingerprint density at radius 2 is 1.57 bits per heavy atom. The van der Waals surface area contributed by atoms with E-state index in [0.29, 0.717) is 44.3 Å². The van der Waals surface area contributed by atoms with Crippen LogP contribution in [0.3, 0.4) is 0 Å². The van der Waals surface area contributed by atoms with Gasteiger partial charge in [-0.15, -0.1) is 0 Å². The number of carbonyl (C=O) groups is 1. The van der Waals surface area contributed by atoms with Crippen molar-refractivity contribution in [1.29, 1.82) is 0 Å². The molecular formula is C26H31ClN6O3S. The van der Waals surface area contributed by atoms with Crippen molar-refractivity contribution in [2.75, 3.05) is 62.2 Å². The molecule has 2 aromatic carbocycles. The molecule has 0 aliphatic carbocycles. The van der Waals surface area contributed by atoms with Gasteiger partial charge < -0.3 is 14.7 Å². The highest BCUT2D eigenvalue weighted by Crippen LogP contribution is 2.28. The number of aromatic nitrogens is 2. The number of para-hydroxylation sites is 1. The highest BCUT2D eigenvalue weighted by Gasteiger charge is 2.36. The maximum atomic E-state index is 13.6. The number of piperazine rings is 2. The number of hydrogen-bond donors (Lipinski definition) is 0. The second kappa shape index (κ2) is 10.4. The van der Waals surface area contributed by atoms with Crippen LogP contribution in [0.25, 0.3) is 0 Å². The molecule has 1 aromatic heterocycles. The third kappa shape index (κ3) is 5.18. The number of amides is 1. The van der Waals surface area contributed by atoms with Crippen LogP contribution in [-0.4, -0.2) is 85.7 Å². The Balaban J connectivity index is 1.28. The van der Waals surface area contributed by atoms with Crippen molar-refractivity contribution in [3.63, 3.8) is 0 Å². The topological polar surface area (TPSA) is 82.0 Å². The van der Waals surface area contributed by atoms with Crippen LogP contribution in [0.2, 0.25) is 5.02 Å². The van der Waals surface area contributed by atoms with Gasteiger partial charge in [0.2, 0.25) is 5.03 Å². The van der Waals surface area contributed by atoms with E-state index in [1.165, 1.54) is 20.7 Å². The maximum absolute atomic E-state index is 13.6. The Hall–Kier alpha value is -3.08. The zero-order chi connectivity index (χ0) is 26.2. The third-order valence-corrected chi connectivity index (χ3v) is 9.13. The van der Waals surface area contributed by atoms with Crippen LogP contribution in [-0.2, 0) is 17.1 Å². The molecule has 9 nitrogen and oxygen atoms in total. The molecule has 0 N–H and O–H groups in total. The fraction of sp³-hybridized carbons (Fsp3) is 0.385. The van der Waals surface area contributed by atoms with E-state index < -0.39 is 10.0 Å². The second-order valence-corrected chi connectivity index (χ2v) is 11.7. The van der Waals surface area contributed by atoms with Gasteiger partial charge in [-0.3, -0.25) is 9.48 Å². The molecule has 0 unspecified atom stereocenters. The minimum atomic E-state index is -3.95. The van der Waals surface area contributed by atoms with Crippen molar-refractivity contribution in [2.24, 2.45) is 7.05 Å². The van der Waals surface area contributed by atoms with Crippen molar-refractivity contribution >= 4 is 38.9 Å². The summed E-state index contributed by atoms with van der Waals surface area (Å²) >= 11 is 6.33. The third-order valence-electron chi connectivity index (χ3n) is 6.98. The number of benzene rings is 2. The zero-order valence-electron chi connectivity index (χ0n) is 21.0. The molecule has 196 valence electrons. The van der Waals surface area contributed by atoms with E-state index >= 15 is 0 Å². The smallest absolute Gasteiger partial charge is 0.263 e. The standard InChI is InChI=1S/C26H31ClN6O3S/c1-20-6-5-7-21(18-20)30-10-12-32(13-11-30)26(34)22-19-29(2)28-25(22)37(35,36)33-16-14-31(15-17-33)24-9-4-3-8-23(24)27/h3-9,18-19H,10-17H2,1-2H3. The van der Waals surface area contributed by atoms with Gasteiger partial charge in [0.1, 0.15) is 0 Å². The lowest BCUT2D eigenvalue weighted by molar-refractivity contribution is 0.0742. The molecule has 37 heavy (non-hydrogen) atoms. The summed E-state index contributed by atoms with van der Waals surface area (Å²) in [7, 11) is -2.31. The number of aryl methyl sites for hydroxylation is 2. The maximum Gasteiger partial charge on any atom is 0.263 e. The van der Waals surface area contributed by atoms with Gasteiger partial charge in [0.15, 0.2) is 0 Å². The molecular weight excluding hydrogens is 512 g/mol. The van der Waals surface area contributed by atoms with Crippen LogP contribution in [0.4, 0.5) is 11.4 Å². The molecule has 11 heteroatoms. The molecule has 3 heterocycles. The van der Waals surface area contributed by atoms with E-state index in [1.54, 1.807) is 11.9 Å². The molecule has 2 fully saturated rings. The quantitative estimate of drug-likeness (QED) is 0.493. The van der Waals surface area contributed by atoms with E-state index in [0.717, 1.165) is 11.4 Å². The molecule has 0 bridgehead atoms. The van der Waals surface area contributed by atoms with Gasteiger partial charge in [-0.2, -0.15) is 9.40 Å². The first-order valence-corrected chi connectivity index (χ1v) is 14.2.